The van der Waals surface area contributed by atoms with Crippen molar-refractivity contribution >= 4 is 34.8 Å². The average Bonchev–Trinajstić information content (AvgIpc) is 2.90. The van der Waals surface area contributed by atoms with E-state index in [1.807, 2.05) is 44.3 Å². The molecule has 0 heterocycles. The number of carbonyl (C=O) groups excluding carboxylic acids is 1. The number of hydrogen-bond acceptors (Lipinski definition) is 3. The average molecular weight is 545 g/mol. The van der Waals surface area contributed by atoms with Crippen LogP contribution in [0.15, 0.2) is 49.0 Å². The molecule has 2 aromatic rings. The molecule has 0 radical (unpaired) electrons. The summed E-state index contributed by atoms with van der Waals surface area (Å²) in [4.78, 5) is 11.7. The topological polar surface area (TPSA) is 53.2 Å². The standard InChI is InChI=1S/C31H43Cl2N3O/c1-4-31(37)35-15-9-14-30(24-12-8-13-27(32)18-24)26-17-25(19-28(33)20-26)22(2)36-21-29(34-3)16-23-10-6-5-7-11-23/h8,12-13,17-20,23,29-30,34,36H,2,4-7,9-11,14-16,21H2,1,3H3,(H,35,37). The van der Waals surface area contributed by atoms with Crippen LogP contribution >= 0.6 is 23.2 Å². The number of nitrogens with one attached hydrogen (secondary N) is 3. The van der Waals surface area contributed by atoms with Crippen molar-refractivity contribution in [1.29, 1.82) is 0 Å². The molecule has 0 spiro atoms. The van der Waals surface area contributed by atoms with Gasteiger partial charge in [-0.2, -0.15) is 0 Å². The number of halogens is 2. The van der Waals surface area contributed by atoms with Crippen LogP contribution in [0.3, 0.4) is 0 Å². The molecule has 4 nitrogen and oxygen atoms in total. The second-order valence-corrected chi connectivity index (χ2v) is 11.2. The normalized spacial score (nSPS) is 15.7. The van der Waals surface area contributed by atoms with Crippen LogP contribution in [-0.2, 0) is 4.79 Å². The third-order valence-electron chi connectivity index (χ3n) is 7.55. The van der Waals surface area contributed by atoms with Crippen LogP contribution in [0.1, 0.15) is 87.3 Å². The SMILES string of the molecule is C=C(NCC(CC1CCCCC1)NC)c1cc(Cl)cc(C(CCCNC(=O)CC)c2cccc(Cl)c2)c1. The van der Waals surface area contributed by atoms with Crippen molar-refractivity contribution in [3.63, 3.8) is 0 Å². The van der Waals surface area contributed by atoms with Gasteiger partial charge in [0.2, 0.25) is 5.91 Å². The van der Waals surface area contributed by atoms with Crippen LogP contribution in [0.4, 0.5) is 0 Å². The van der Waals surface area contributed by atoms with Gasteiger partial charge in [0.1, 0.15) is 0 Å². The molecule has 0 bridgehead atoms. The van der Waals surface area contributed by atoms with Crippen molar-refractivity contribution < 1.29 is 4.79 Å². The minimum Gasteiger partial charge on any atom is -0.383 e. The fourth-order valence-corrected chi connectivity index (χ4v) is 5.82. The first kappa shape index (κ1) is 29.5. The van der Waals surface area contributed by atoms with Gasteiger partial charge in [-0.05, 0) is 79.3 Å². The molecule has 2 unspecified atom stereocenters. The van der Waals surface area contributed by atoms with E-state index >= 15 is 0 Å². The molecule has 202 valence electrons. The molecule has 0 saturated heterocycles. The first-order chi connectivity index (χ1) is 17.9. The summed E-state index contributed by atoms with van der Waals surface area (Å²) in [6.45, 7) is 7.70. The predicted molar refractivity (Wildman–Crippen MR) is 158 cm³/mol. The van der Waals surface area contributed by atoms with Gasteiger partial charge in [0, 0.05) is 47.2 Å². The lowest BCUT2D eigenvalue weighted by Gasteiger charge is -2.27. The number of amides is 1. The van der Waals surface area contributed by atoms with Gasteiger partial charge in [-0.25, -0.2) is 0 Å². The minimum absolute atomic E-state index is 0.0788. The lowest BCUT2D eigenvalue weighted by Crippen LogP contribution is -2.37. The van der Waals surface area contributed by atoms with Gasteiger partial charge in [-0.15, -0.1) is 0 Å². The number of rotatable bonds is 14. The molecule has 3 N–H and O–H groups in total. The Morgan fingerprint density at radius 3 is 2.49 bits per heavy atom. The van der Waals surface area contributed by atoms with E-state index in [0.717, 1.165) is 47.7 Å². The van der Waals surface area contributed by atoms with Crippen molar-refractivity contribution in [3.8, 4) is 0 Å². The van der Waals surface area contributed by atoms with E-state index in [4.69, 9.17) is 23.2 Å². The summed E-state index contributed by atoms with van der Waals surface area (Å²) in [5, 5.41) is 11.4. The summed E-state index contributed by atoms with van der Waals surface area (Å²) >= 11 is 13.0. The van der Waals surface area contributed by atoms with Crippen LogP contribution < -0.4 is 16.0 Å². The molecular weight excluding hydrogens is 501 g/mol. The Morgan fingerprint density at radius 1 is 1.03 bits per heavy atom. The fourth-order valence-electron chi connectivity index (χ4n) is 5.37. The van der Waals surface area contributed by atoms with Crippen LogP contribution in [0.5, 0.6) is 0 Å². The number of hydrogen-bond donors (Lipinski definition) is 3. The molecule has 2 atom stereocenters. The molecule has 6 heteroatoms. The summed E-state index contributed by atoms with van der Waals surface area (Å²) in [7, 11) is 2.05. The number of benzene rings is 2. The summed E-state index contributed by atoms with van der Waals surface area (Å²) in [6.07, 6.45) is 10.2. The lowest BCUT2D eigenvalue weighted by molar-refractivity contribution is -0.120. The van der Waals surface area contributed by atoms with E-state index in [9.17, 15) is 4.79 Å². The maximum absolute atomic E-state index is 11.7. The summed E-state index contributed by atoms with van der Waals surface area (Å²) in [5.74, 6) is 1.01. The lowest BCUT2D eigenvalue weighted by atomic mass is 9.85. The summed E-state index contributed by atoms with van der Waals surface area (Å²) in [6, 6.07) is 14.6. The molecule has 0 aromatic heterocycles. The van der Waals surface area contributed by atoms with Crippen molar-refractivity contribution in [2.45, 2.75) is 76.7 Å². The first-order valence-corrected chi connectivity index (χ1v) is 14.6. The highest BCUT2D eigenvalue weighted by Crippen LogP contribution is 2.34. The van der Waals surface area contributed by atoms with Gasteiger partial charge in [0.25, 0.3) is 0 Å². The zero-order valence-electron chi connectivity index (χ0n) is 22.4. The van der Waals surface area contributed by atoms with E-state index in [2.05, 4.69) is 34.7 Å². The zero-order valence-corrected chi connectivity index (χ0v) is 23.9. The molecule has 0 aliphatic heterocycles. The molecule has 3 rings (SSSR count). The van der Waals surface area contributed by atoms with Crippen LogP contribution in [-0.4, -0.2) is 32.1 Å². The van der Waals surface area contributed by atoms with Crippen molar-refractivity contribution in [2.75, 3.05) is 20.1 Å². The molecule has 1 aliphatic rings. The number of carbonyl (C=O) groups is 1. The van der Waals surface area contributed by atoms with E-state index < -0.39 is 0 Å². The second kappa shape index (κ2) is 15.4. The van der Waals surface area contributed by atoms with Gasteiger partial charge in [-0.3, -0.25) is 4.79 Å². The predicted octanol–water partition coefficient (Wildman–Crippen LogP) is 7.55. The Bertz CT molecular complexity index is 1020. The Kier molecular flexibility index (Phi) is 12.3. The van der Waals surface area contributed by atoms with Gasteiger partial charge in [-0.1, -0.05) is 80.9 Å². The second-order valence-electron chi connectivity index (χ2n) is 10.3. The molecule has 1 saturated carbocycles. The Labute approximate surface area is 233 Å². The van der Waals surface area contributed by atoms with Gasteiger partial charge in [0.05, 0.1) is 0 Å². The molecule has 37 heavy (non-hydrogen) atoms. The van der Waals surface area contributed by atoms with Gasteiger partial charge >= 0.3 is 0 Å². The van der Waals surface area contributed by atoms with Crippen LogP contribution in [0, 0.1) is 5.92 Å². The van der Waals surface area contributed by atoms with Crippen molar-refractivity contribution in [3.05, 3.63) is 75.8 Å². The highest BCUT2D eigenvalue weighted by Gasteiger charge is 2.19. The Balaban J connectivity index is 1.71. The van der Waals surface area contributed by atoms with E-state index in [1.165, 1.54) is 38.5 Å². The minimum atomic E-state index is 0.0788. The molecular formula is C31H43Cl2N3O. The summed E-state index contributed by atoms with van der Waals surface area (Å²) in [5.41, 5.74) is 4.15. The zero-order chi connectivity index (χ0) is 26.6. The third-order valence-corrected chi connectivity index (χ3v) is 8.00. The highest BCUT2D eigenvalue weighted by atomic mass is 35.5. The Morgan fingerprint density at radius 2 is 1.78 bits per heavy atom. The third kappa shape index (κ3) is 9.67. The highest BCUT2D eigenvalue weighted by molar-refractivity contribution is 6.31. The Hall–Kier alpha value is -2.01. The van der Waals surface area contributed by atoms with Crippen LogP contribution in [0.2, 0.25) is 10.0 Å². The first-order valence-electron chi connectivity index (χ1n) is 13.8. The van der Waals surface area contributed by atoms with Crippen LogP contribution in [0.25, 0.3) is 5.70 Å². The smallest absolute Gasteiger partial charge is 0.219 e. The van der Waals surface area contributed by atoms with E-state index in [1.54, 1.807) is 0 Å². The maximum atomic E-state index is 11.7. The van der Waals surface area contributed by atoms with Crippen molar-refractivity contribution in [2.24, 2.45) is 5.92 Å². The molecule has 1 fully saturated rings. The molecule has 2 aromatic carbocycles. The summed E-state index contributed by atoms with van der Waals surface area (Å²) < 4.78 is 0. The quantitative estimate of drug-likeness (QED) is 0.215. The van der Waals surface area contributed by atoms with E-state index in [0.29, 0.717) is 29.1 Å². The van der Waals surface area contributed by atoms with Gasteiger partial charge in [0.15, 0.2) is 0 Å². The van der Waals surface area contributed by atoms with Gasteiger partial charge < -0.3 is 16.0 Å². The number of likely N-dealkylation sites (N-methyl/N-ethyl adjacent to an activating group) is 1. The molecule has 1 aliphatic carbocycles. The largest absolute Gasteiger partial charge is 0.383 e. The maximum Gasteiger partial charge on any atom is 0.219 e. The fraction of sp³-hybridized carbons (Fsp3) is 0.516. The molecule has 1 amide bonds. The van der Waals surface area contributed by atoms with Crippen molar-refractivity contribution in [1.82, 2.24) is 16.0 Å². The monoisotopic (exact) mass is 543 g/mol. The van der Waals surface area contributed by atoms with E-state index in [-0.39, 0.29) is 11.8 Å².